The van der Waals surface area contributed by atoms with Crippen LogP contribution in [-0.4, -0.2) is 37.2 Å². The minimum atomic E-state index is -1.12. The van der Waals surface area contributed by atoms with E-state index < -0.39 is 17.9 Å². The molecule has 0 heterocycles. The van der Waals surface area contributed by atoms with Crippen molar-refractivity contribution < 1.29 is 28.9 Å². The first-order chi connectivity index (χ1) is 12.5. The van der Waals surface area contributed by atoms with Gasteiger partial charge in [-0.3, -0.25) is 9.59 Å². The highest BCUT2D eigenvalue weighted by Crippen LogP contribution is 2.39. The summed E-state index contributed by atoms with van der Waals surface area (Å²) in [4.78, 5) is 23.2. The van der Waals surface area contributed by atoms with E-state index in [1.807, 2.05) is 30.3 Å². The number of aliphatic carboxylic acids is 1. The fourth-order valence-electron chi connectivity index (χ4n) is 2.22. The summed E-state index contributed by atoms with van der Waals surface area (Å²) in [5.74, 6) is -0.685. The topological polar surface area (TPSA) is 94.1 Å². The molecule has 0 bridgehead atoms. The minimum absolute atomic E-state index is 0.207. The molecule has 2 rings (SSSR count). The zero-order chi connectivity index (χ0) is 19.1. The van der Waals surface area contributed by atoms with Gasteiger partial charge in [0.05, 0.1) is 14.2 Å². The third kappa shape index (κ3) is 4.66. The van der Waals surface area contributed by atoms with Gasteiger partial charge in [-0.2, -0.15) is 0 Å². The molecule has 26 heavy (non-hydrogen) atoms. The number of methoxy groups -OCH3 is 2. The summed E-state index contributed by atoms with van der Waals surface area (Å²) in [6, 6.07) is 11.5. The molecule has 7 heteroatoms. The van der Waals surface area contributed by atoms with Gasteiger partial charge in [-0.15, -0.1) is 0 Å². The van der Waals surface area contributed by atoms with Gasteiger partial charge in [0.15, 0.2) is 11.5 Å². The lowest BCUT2D eigenvalue weighted by Crippen LogP contribution is -2.38. The monoisotopic (exact) mass is 359 g/mol. The highest BCUT2D eigenvalue weighted by Gasteiger charge is 2.20. The molecule has 2 N–H and O–H groups in total. The molecule has 0 fully saturated rings. The van der Waals surface area contributed by atoms with E-state index in [4.69, 9.17) is 19.3 Å². The van der Waals surface area contributed by atoms with E-state index in [-0.39, 0.29) is 5.56 Å². The normalized spacial score (nSPS) is 11.3. The van der Waals surface area contributed by atoms with Crippen molar-refractivity contribution in [1.82, 2.24) is 5.32 Å². The number of amides is 1. The second-order valence-corrected chi connectivity index (χ2v) is 5.52. The summed E-state index contributed by atoms with van der Waals surface area (Å²) in [6.45, 7) is 1.68. The average molecular weight is 359 g/mol. The Hall–Kier alpha value is -3.22. The van der Waals surface area contributed by atoms with Crippen LogP contribution in [0, 0.1) is 0 Å². The molecule has 0 saturated heterocycles. The van der Waals surface area contributed by atoms with Gasteiger partial charge in [0.2, 0.25) is 5.75 Å². The quantitative estimate of drug-likeness (QED) is 0.752. The van der Waals surface area contributed by atoms with E-state index in [0.29, 0.717) is 23.9 Å². The van der Waals surface area contributed by atoms with E-state index >= 15 is 0 Å². The van der Waals surface area contributed by atoms with Gasteiger partial charge in [0.25, 0.3) is 5.91 Å². The van der Waals surface area contributed by atoms with Crippen LogP contribution in [0.25, 0.3) is 0 Å². The molecule has 0 saturated carbocycles. The summed E-state index contributed by atoms with van der Waals surface area (Å²) < 4.78 is 16.5. The van der Waals surface area contributed by atoms with Gasteiger partial charge in [-0.25, -0.2) is 0 Å². The molecule has 7 nitrogen and oxygen atoms in total. The van der Waals surface area contributed by atoms with Crippen LogP contribution in [0.15, 0.2) is 42.5 Å². The van der Waals surface area contributed by atoms with Gasteiger partial charge in [0, 0.05) is 5.56 Å². The van der Waals surface area contributed by atoms with Gasteiger partial charge in [-0.05, 0) is 24.6 Å². The molecule has 1 atom stereocenters. The van der Waals surface area contributed by atoms with E-state index in [0.717, 1.165) is 5.56 Å². The second kappa shape index (κ2) is 8.75. The van der Waals surface area contributed by atoms with Gasteiger partial charge >= 0.3 is 5.97 Å². The molecule has 2 aromatic carbocycles. The number of carboxylic acid groups (broad SMARTS) is 1. The van der Waals surface area contributed by atoms with Crippen molar-refractivity contribution in [2.24, 2.45) is 0 Å². The van der Waals surface area contributed by atoms with E-state index in [9.17, 15) is 9.59 Å². The fourth-order valence-corrected chi connectivity index (χ4v) is 2.22. The van der Waals surface area contributed by atoms with Crippen LogP contribution < -0.4 is 19.5 Å². The summed E-state index contributed by atoms with van der Waals surface area (Å²) >= 11 is 0. The maximum Gasteiger partial charge on any atom is 0.325 e. The number of benzene rings is 2. The first-order valence-corrected chi connectivity index (χ1v) is 7.92. The van der Waals surface area contributed by atoms with E-state index in [1.54, 1.807) is 0 Å². The molecule has 0 spiro atoms. The van der Waals surface area contributed by atoms with Crippen LogP contribution in [-0.2, 0) is 11.4 Å². The first kappa shape index (κ1) is 19.1. The zero-order valence-corrected chi connectivity index (χ0v) is 14.8. The third-order valence-corrected chi connectivity index (χ3v) is 3.67. The number of carbonyl (C=O) groups excluding carboxylic acids is 1. The predicted octanol–water partition coefficient (Wildman–Crippen LogP) is 2.49. The van der Waals surface area contributed by atoms with Crippen LogP contribution in [0.1, 0.15) is 22.8 Å². The zero-order valence-electron chi connectivity index (χ0n) is 14.8. The number of hydrogen-bond acceptors (Lipinski definition) is 5. The Kier molecular flexibility index (Phi) is 6.43. The van der Waals surface area contributed by atoms with Crippen LogP contribution in [0.5, 0.6) is 17.2 Å². The molecule has 0 aromatic heterocycles. The largest absolute Gasteiger partial charge is 0.493 e. The Bertz CT molecular complexity index is 750. The summed E-state index contributed by atoms with van der Waals surface area (Å²) in [7, 11) is 2.90. The second-order valence-electron chi connectivity index (χ2n) is 5.52. The van der Waals surface area contributed by atoms with E-state index in [1.165, 1.54) is 33.3 Å². The van der Waals surface area contributed by atoms with Crippen LogP contribution >= 0.6 is 0 Å². The summed E-state index contributed by atoms with van der Waals surface area (Å²) in [5, 5.41) is 11.3. The summed E-state index contributed by atoms with van der Waals surface area (Å²) in [5.41, 5.74) is 1.17. The van der Waals surface area contributed by atoms with Gasteiger partial charge in [0.1, 0.15) is 12.6 Å². The molecule has 0 radical (unpaired) electrons. The number of nitrogens with one attached hydrogen (secondary N) is 1. The standard InChI is InChI=1S/C19H21NO6/c1-12(19(22)23)20-18(21)14-9-15(24-2)17(16(10-14)25-3)26-11-13-7-5-4-6-8-13/h4-10,12H,11H2,1-3H3,(H,20,21)(H,22,23)/t12-/m1/s1. The van der Waals surface area contributed by atoms with Crippen molar-refractivity contribution in [2.75, 3.05) is 14.2 Å². The molecule has 0 aliphatic rings. The lowest BCUT2D eigenvalue weighted by molar-refractivity contribution is -0.138. The summed E-state index contributed by atoms with van der Waals surface area (Å²) in [6.07, 6.45) is 0. The smallest absolute Gasteiger partial charge is 0.325 e. The Morgan fingerprint density at radius 1 is 1.08 bits per heavy atom. The lowest BCUT2D eigenvalue weighted by Gasteiger charge is -2.17. The highest BCUT2D eigenvalue weighted by atomic mass is 16.5. The SMILES string of the molecule is COc1cc(C(=O)N[C@H](C)C(=O)O)cc(OC)c1OCc1ccccc1. The van der Waals surface area contributed by atoms with Gasteiger partial charge < -0.3 is 24.6 Å². The molecule has 0 unspecified atom stereocenters. The van der Waals surface area contributed by atoms with Crippen molar-refractivity contribution in [2.45, 2.75) is 19.6 Å². The molecular formula is C19H21NO6. The molecular weight excluding hydrogens is 338 g/mol. The Morgan fingerprint density at radius 2 is 1.65 bits per heavy atom. The third-order valence-electron chi connectivity index (χ3n) is 3.67. The average Bonchev–Trinajstić information content (AvgIpc) is 2.66. The molecule has 0 aliphatic carbocycles. The fraction of sp³-hybridized carbons (Fsp3) is 0.263. The van der Waals surface area contributed by atoms with Crippen LogP contribution in [0.2, 0.25) is 0 Å². The minimum Gasteiger partial charge on any atom is -0.493 e. The first-order valence-electron chi connectivity index (χ1n) is 7.92. The lowest BCUT2D eigenvalue weighted by atomic mass is 10.1. The van der Waals surface area contributed by atoms with Gasteiger partial charge in [-0.1, -0.05) is 30.3 Å². The molecule has 1 amide bonds. The van der Waals surface area contributed by atoms with Crippen molar-refractivity contribution in [1.29, 1.82) is 0 Å². The number of rotatable bonds is 8. The van der Waals surface area contributed by atoms with Crippen molar-refractivity contribution in [3.8, 4) is 17.2 Å². The number of carboxylic acids is 1. The molecule has 138 valence electrons. The van der Waals surface area contributed by atoms with Crippen LogP contribution in [0.4, 0.5) is 0 Å². The maximum absolute atomic E-state index is 12.3. The number of carbonyl (C=O) groups is 2. The van der Waals surface area contributed by atoms with Crippen molar-refractivity contribution in [3.63, 3.8) is 0 Å². The Morgan fingerprint density at radius 3 is 2.15 bits per heavy atom. The Labute approximate surface area is 151 Å². The van der Waals surface area contributed by atoms with E-state index in [2.05, 4.69) is 5.32 Å². The van der Waals surface area contributed by atoms with Crippen molar-refractivity contribution in [3.05, 3.63) is 53.6 Å². The molecule has 2 aromatic rings. The Balaban J connectivity index is 2.26. The molecule has 0 aliphatic heterocycles. The highest BCUT2D eigenvalue weighted by molar-refractivity contribution is 5.97. The van der Waals surface area contributed by atoms with Crippen LogP contribution in [0.3, 0.4) is 0 Å². The van der Waals surface area contributed by atoms with Crippen molar-refractivity contribution >= 4 is 11.9 Å². The number of ether oxygens (including phenoxy) is 3. The predicted molar refractivity (Wildman–Crippen MR) is 94.9 cm³/mol. The number of hydrogen-bond donors (Lipinski definition) is 2. The maximum atomic E-state index is 12.3.